The van der Waals surface area contributed by atoms with Crippen molar-refractivity contribution in [2.24, 2.45) is 0 Å². The van der Waals surface area contributed by atoms with Crippen molar-refractivity contribution in [1.82, 2.24) is 4.72 Å². The number of carbonyl (C=O) groups is 1. The van der Waals surface area contributed by atoms with Crippen LogP contribution in [-0.4, -0.2) is 37.0 Å². The predicted molar refractivity (Wildman–Crippen MR) is 81.3 cm³/mol. The third-order valence-electron chi connectivity index (χ3n) is 3.15. The van der Waals surface area contributed by atoms with E-state index in [4.69, 9.17) is 5.11 Å². The molecule has 1 aliphatic heterocycles. The van der Waals surface area contributed by atoms with Gasteiger partial charge < -0.3 is 5.11 Å². The van der Waals surface area contributed by atoms with Gasteiger partial charge in [0.1, 0.15) is 4.88 Å². The molecule has 2 N–H and O–H groups in total. The molecule has 2 rings (SSSR count). The summed E-state index contributed by atoms with van der Waals surface area (Å²) in [5.74, 6) is -0.0186. The minimum absolute atomic E-state index is 0.0508. The number of carboxylic acids is 1. The van der Waals surface area contributed by atoms with Gasteiger partial charge in [0.05, 0.1) is 4.90 Å². The second-order valence-corrected chi connectivity index (χ2v) is 9.08. The Labute approximate surface area is 126 Å². The highest BCUT2D eigenvalue weighted by atomic mass is 32.2. The van der Waals surface area contributed by atoms with Crippen molar-refractivity contribution in [1.29, 1.82) is 0 Å². The highest BCUT2D eigenvalue weighted by Gasteiger charge is 2.23. The van der Waals surface area contributed by atoms with E-state index in [1.165, 1.54) is 12.5 Å². The lowest BCUT2D eigenvalue weighted by Gasteiger charge is -2.21. The molecule has 112 valence electrons. The van der Waals surface area contributed by atoms with Crippen molar-refractivity contribution in [3.05, 3.63) is 15.8 Å². The summed E-state index contributed by atoms with van der Waals surface area (Å²) < 4.78 is 27.1. The largest absolute Gasteiger partial charge is 0.477 e. The van der Waals surface area contributed by atoms with E-state index in [0.29, 0.717) is 16.7 Å². The van der Waals surface area contributed by atoms with E-state index >= 15 is 0 Å². The molecule has 1 aromatic rings. The molecule has 1 unspecified atom stereocenters. The summed E-state index contributed by atoms with van der Waals surface area (Å²) in [6.07, 6.45) is 3.36. The average Bonchev–Trinajstić information content (AvgIpc) is 2.81. The normalized spacial score (nSPS) is 19.9. The number of aryl methyl sites for hydroxylation is 1. The predicted octanol–water partition coefficient (Wildman–Crippen LogP) is 2.32. The summed E-state index contributed by atoms with van der Waals surface area (Å²) in [5, 5.41) is 9.23. The first-order valence-corrected chi connectivity index (χ1v) is 9.70. The first-order valence-electron chi connectivity index (χ1n) is 6.35. The maximum atomic E-state index is 12.2. The zero-order valence-electron chi connectivity index (χ0n) is 11.1. The van der Waals surface area contributed by atoms with Gasteiger partial charge in [-0.2, -0.15) is 11.8 Å². The number of carboxylic acid groups (broad SMARTS) is 1. The Morgan fingerprint density at radius 3 is 2.80 bits per heavy atom. The molecule has 1 atom stereocenters. The molecule has 5 nitrogen and oxygen atoms in total. The maximum Gasteiger partial charge on any atom is 0.345 e. The Morgan fingerprint density at radius 1 is 1.50 bits per heavy atom. The van der Waals surface area contributed by atoms with Crippen LogP contribution in [0.4, 0.5) is 0 Å². The molecular weight excluding hydrogens is 318 g/mol. The van der Waals surface area contributed by atoms with E-state index in [1.807, 2.05) is 0 Å². The Morgan fingerprint density at radius 2 is 2.25 bits per heavy atom. The number of sulfonamides is 1. The van der Waals surface area contributed by atoms with Gasteiger partial charge in [-0.25, -0.2) is 17.9 Å². The van der Waals surface area contributed by atoms with E-state index < -0.39 is 16.0 Å². The quantitative estimate of drug-likeness (QED) is 0.863. The molecule has 1 saturated heterocycles. The van der Waals surface area contributed by atoms with Crippen molar-refractivity contribution < 1.29 is 18.3 Å². The topological polar surface area (TPSA) is 83.5 Å². The fourth-order valence-corrected chi connectivity index (χ4v) is 5.94. The fraction of sp³-hybridized carbons (Fsp3) is 0.583. The van der Waals surface area contributed by atoms with Crippen molar-refractivity contribution in [3.63, 3.8) is 0 Å². The first kappa shape index (κ1) is 15.8. The molecule has 1 fully saturated rings. The molecule has 0 aromatic carbocycles. The van der Waals surface area contributed by atoms with Gasteiger partial charge in [-0.05, 0) is 31.6 Å². The number of nitrogens with one attached hydrogen (secondary N) is 1. The van der Waals surface area contributed by atoms with Gasteiger partial charge in [0.15, 0.2) is 0 Å². The van der Waals surface area contributed by atoms with Gasteiger partial charge in [0.25, 0.3) is 0 Å². The Kier molecular flexibility index (Phi) is 5.11. The molecule has 0 aliphatic carbocycles. The molecule has 0 radical (unpaired) electrons. The molecular formula is C12H17NO4S3. The minimum Gasteiger partial charge on any atom is -0.477 e. The summed E-state index contributed by atoms with van der Waals surface area (Å²) in [7, 11) is -3.62. The van der Waals surface area contributed by atoms with E-state index in [1.54, 1.807) is 18.7 Å². The van der Waals surface area contributed by atoms with Crippen LogP contribution in [0.25, 0.3) is 0 Å². The molecule has 8 heteroatoms. The Balaban J connectivity index is 2.07. The number of hydrogen-bond donors (Lipinski definition) is 2. The summed E-state index contributed by atoms with van der Waals surface area (Å²) in [6.45, 7) is 2.03. The lowest BCUT2D eigenvalue weighted by Crippen LogP contribution is -2.32. The maximum absolute atomic E-state index is 12.2. The summed E-state index contributed by atoms with van der Waals surface area (Å²) in [6, 6.07) is 1.23. The highest BCUT2D eigenvalue weighted by Crippen LogP contribution is 2.27. The molecule has 1 aromatic heterocycles. The van der Waals surface area contributed by atoms with Crippen molar-refractivity contribution in [2.45, 2.75) is 36.3 Å². The van der Waals surface area contributed by atoms with Crippen LogP contribution < -0.4 is 4.72 Å². The van der Waals surface area contributed by atoms with Crippen LogP contribution in [0.5, 0.6) is 0 Å². The van der Waals surface area contributed by atoms with Crippen LogP contribution in [0, 0.1) is 6.92 Å². The van der Waals surface area contributed by atoms with Gasteiger partial charge in [-0.3, -0.25) is 0 Å². The summed E-state index contributed by atoms with van der Waals surface area (Å²) in [5.41, 5.74) is 0. The molecule has 2 heterocycles. The second-order valence-electron chi connectivity index (χ2n) is 4.68. The summed E-state index contributed by atoms with van der Waals surface area (Å²) >= 11 is 2.78. The minimum atomic E-state index is -3.62. The van der Waals surface area contributed by atoms with Crippen LogP contribution in [-0.2, 0) is 10.0 Å². The van der Waals surface area contributed by atoms with Gasteiger partial charge >= 0.3 is 5.97 Å². The molecule has 0 bridgehead atoms. The smallest absolute Gasteiger partial charge is 0.345 e. The van der Waals surface area contributed by atoms with Crippen LogP contribution in [0.2, 0.25) is 0 Å². The van der Waals surface area contributed by atoms with Gasteiger partial charge in [0.2, 0.25) is 10.0 Å². The lowest BCUT2D eigenvalue weighted by atomic mass is 10.2. The molecule has 0 amide bonds. The SMILES string of the molecule is Cc1sc(C(=O)O)cc1S(=O)(=O)NCC1CCCCS1. The standard InChI is InChI=1S/C12H17NO4S3/c1-8-11(6-10(19-8)12(14)15)20(16,17)13-7-9-4-2-3-5-18-9/h6,9,13H,2-5,7H2,1H3,(H,14,15). The van der Waals surface area contributed by atoms with Crippen LogP contribution >= 0.6 is 23.1 Å². The number of aromatic carboxylic acids is 1. The van der Waals surface area contributed by atoms with Crippen LogP contribution in [0.3, 0.4) is 0 Å². The fourth-order valence-electron chi connectivity index (χ4n) is 2.09. The van der Waals surface area contributed by atoms with Crippen LogP contribution in [0.15, 0.2) is 11.0 Å². The average molecular weight is 335 g/mol. The van der Waals surface area contributed by atoms with Gasteiger partial charge in [-0.1, -0.05) is 6.42 Å². The Bertz CT molecular complexity index is 588. The lowest BCUT2D eigenvalue weighted by molar-refractivity contribution is 0.0702. The molecule has 20 heavy (non-hydrogen) atoms. The number of hydrogen-bond acceptors (Lipinski definition) is 5. The van der Waals surface area contributed by atoms with Crippen LogP contribution in [0.1, 0.15) is 33.8 Å². The monoisotopic (exact) mass is 335 g/mol. The molecule has 0 spiro atoms. The van der Waals surface area contributed by atoms with Gasteiger partial charge in [0, 0.05) is 16.7 Å². The van der Waals surface area contributed by atoms with Gasteiger partial charge in [-0.15, -0.1) is 11.3 Å². The highest BCUT2D eigenvalue weighted by molar-refractivity contribution is 8.00. The third-order valence-corrected chi connectivity index (χ3v) is 7.26. The number of thiophene rings is 1. The zero-order chi connectivity index (χ0) is 14.8. The van der Waals surface area contributed by atoms with Crippen molar-refractivity contribution in [3.8, 4) is 0 Å². The van der Waals surface area contributed by atoms with Crippen molar-refractivity contribution >= 4 is 39.1 Å². The number of thioether (sulfide) groups is 1. The molecule has 1 aliphatic rings. The molecule has 0 saturated carbocycles. The number of rotatable bonds is 5. The summed E-state index contributed by atoms with van der Waals surface area (Å²) in [4.78, 5) is 11.5. The van der Waals surface area contributed by atoms with E-state index in [0.717, 1.165) is 29.9 Å². The Hall–Kier alpha value is -0.570. The van der Waals surface area contributed by atoms with E-state index in [-0.39, 0.29) is 9.77 Å². The first-order chi connectivity index (χ1) is 9.40. The third kappa shape index (κ3) is 3.75. The van der Waals surface area contributed by atoms with E-state index in [9.17, 15) is 13.2 Å². The van der Waals surface area contributed by atoms with Crippen molar-refractivity contribution in [2.75, 3.05) is 12.3 Å². The zero-order valence-corrected chi connectivity index (χ0v) is 13.5. The second kappa shape index (κ2) is 6.46. The van der Waals surface area contributed by atoms with E-state index in [2.05, 4.69) is 4.72 Å².